The summed E-state index contributed by atoms with van der Waals surface area (Å²) in [5, 5.41) is 13.9. The maximum Gasteiger partial charge on any atom is 0.240 e. The molecule has 74 valence electrons. The van der Waals surface area contributed by atoms with E-state index in [1.165, 1.54) is 0 Å². The van der Waals surface area contributed by atoms with Gasteiger partial charge in [-0.1, -0.05) is 12.0 Å². The highest BCUT2D eigenvalue weighted by molar-refractivity contribution is 7.09. The van der Waals surface area contributed by atoms with E-state index in [0.29, 0.717) is 5.95 Å². The number of tetrazole rings is 1. The van der Waals surface area contributed by atoms with Gasteiger partial charge in [0, 0.05) is 11.6 Å². The van der Waals surface area contributed by atoms with E-state index in [9.17, 15) is 0 Å². The minimum Gasteiger partial charge on any atom is -0.367 e. The second-order valence-corrected chi connectivity index (χ2v) is 3.70. The molecule has 6 nitrogen and oxygen atoms in total. The van der Waals surface area contributed by atoms with Gasteiger partial charge in [0.15, 0.2) is 0 Å². The third-order valence-electron chi connectivity index (χ3n) is 1.94. The number of nitrogen functional groups attached to an aromatic ring is 1. The first-order chi connectivity index (χ1) is 6.83. The highest BCUT2D eigenvalue weighted by Gasteiger charge is 2.17. The van der Waals surface area contributed by atoms with Crippen LogP contribution in [-0.2, 0) is 0 Å². The highest BCUT2D eigenvalue weighted by Crippen LogP contribution is 2.23. The summed E-state index contributed by atoms with van der Waals surface area (Å²) in [5.41, 5.74) is 5.63. The molecule has 1 atom stereocenters. The molecule has 0 amide bonds. The molecular weight excluding hydrogens is 200 g/mol. The molecule has 0 fully saturated rings. The van der Waals surface area contributed by atoms with Gasteiger partial charge in [-0.15, -0.1) is 11.3 Å². The Morgan fingerprint density at radius 3 is 3.00 bits per heavy atom. The van der Waals surface area contributed by atoms with Crippen molar-refractivity contribution in [2.45, 2.75) is 19.4 Å². The third-order valence-corrected chi connectivity index (χ3v) is 2.81. The van der Waals surface area contributed by atoms with Gasteiger partial charge < -0.3 is 5.73 Å². The lowest BCUT2D eigenvalue weighted by atomic mass is 10.2. The molecule has 2 aromatic rings. The number of nitrogens with zero attached hydrogens (tertiary/aromatic N) is 5. The van der Waals surface area contributed by atoms with Crippen molar-refractivity contribution in [1.82, 2.24) is 25.2 Å². The third kappa shape index (κ3) is 1.46. The lowest BCUT2D eigenvalue weighted by molar-refractivity contribution is 0.497. The predicted molar refractivity (Wildman–Crippen MR) is 52.8 cm³/mol. The number of hydrogen-bond acceptors (Lipinski definition) is 6. The molecule has 0 aliphatic heterocycles. The molecular formula is C7H10N6S. The van der Waals surface area contributed by atoms with Crippen LogP contribution in [0.25, 0.3) is 0 Å². The second kappa shape index (κ2) is 3.70. The van der Waals surface area contributed by atoms with E-state index in [1.54, 1.807) is 22.2 Å². The molecule has 7 heteroatoms. The van der Waals surface area contributed by atoms with E-state index >= 15 is 0 Å². The SMILES string of the molecule is CCC(c1nccs1)n1nnnc1N. The summed E-state index contributed by atoms with van der Waals surface area (Å²) in [6.45, 7) is 2.05. The van der Waals surface area contributed by atoms with Gasteiger partial charge in [0.25, 0.3) is 0 Å². The molecule has 2 heterocycles. The molecule has 2 N–H and O–H groups in total. The van der Waals surface area contributed by atoms with Gasteiger partial charge in [0.05, 0.1) is 0 Å². The molecule has 0 radical (unpaired) electrons. The standard InChI is InChI=1S/C7H10N6S/c1-2-5(6-9-3-4-14-6)13-7(8)10-11-12-13/h3-5H,2H2,1H3,(H2,8,10,12). The average molecular weight is 210 g/mol. The number of thiazole rings is 1. The number of aromatic nitrogens is 5. The molecule has 0 spiro atoms. The van der Waals surface area contributed by atoms with Gasteiger partial charge >= 0.3 is 0 Å². The van der Waals surface area contributed by atoms with Gasteiger partial charge in [-0.3, -0.25) is 0 Å². The number of hydrogen-bond donors (Lipinski definition) is 1. The van der Waals surface area contributed by atoms with Crippen LogP contribution < -0.4 is 5.73 Å². The minimum atomic E-state index is 0.0463. The van der Waals surface area contributed by atoms with Gasteiger partial charge in [0.2, 0.25) is 5.95 Å². The monoisotopic (exact) mass is 210 g/mol. The van der Waals surface area contributed by atoms with Crippen molar-refractivity contribution in [3.63, 3.8) is 0 Å². The fraction of sp³-hybridized carbons (Fsp3) is 0.429. The van der Waals surface area contributed by atoms with Gasteiger partial charge in [-0.2, -0.15) is 0 Å². The van der Waals surface area contributed by atoms with E-state index in [0.717, 1.165) is 11.4 Å². The smallest absolute Gasteiger partial charge is 0.240 e. The Kier molecular flexibility index (Phi) is 2.40. The second-order valence-electron chi connectivity index (χ2n) is 2.78. The Labute approximate surface area is 84.8 Å². The van der Waals surface area contributed by atoms with Crippen molar-refractivity contribution < 1.29 is 0 Å². The van der Waals surface area contributed by atoms with Crippen molar-refractivity contribution in [3.05, 3.63) is 16.6 Å². The van der Waals surface area contributed by atoms with Crippen LogP contribution in [0.2, 0.25) is 0 Å². The van der Waals surface area contributed by atoms with Crippen LogP contribution in [0.3, 0.4) is 0 Å². The summed E-state index contributed by atoms with van der Waals surface area (Å²) in [7, 11) is 0. The predicted octanol–water partition coefficient (Wildman–Crippen LogP) is 0.711. The van der Waals surface area contributed by atoms with E-state index in [4.69, 9.17) is 5.73 Å². The van der Waals surface area contributed by atoms with Crippen molar-refractivity contribution >= 4 is 17.3 Å². The van der Waals surface area contributed by atoms with Crippen LogP contribution in [0.4, 0.5) is 5.95 Å². The number of nitrogens with two attached hydrogens (primary N) is 1. The van der Waals surface area contributed by atoms with E-state index in [-0.39, 0.29) is 6.04 Å². The summed E-state index contributed by atoms with van der Waals surface area (Å²) < 4.78 is 1.60. The highest BCUT2D eigenvalue weighted by atomic mass is 32.1. The van der Waals surface area contributed by atoms with Crippen molar-refractivity contribution in [3.8, 4) is 0 Å². The van der Waals surface area contributed by atoms with Crippen molar-refractivity contribution in [2.75, 3.05) is 5.73 Å². The molecule has 0 bridgehead atoms. The molecule has 0 aliphatic rings. The minimum absolute atomic E-state index is 0.0463. The number of anilines is 1. The van der Waals surface area contributed by atoms with E-state index in [1.807, 2.05) is 12.3 Å². The quantitative estimate of drug-likeness (QED) is 0.806. The first kappa shape index (κ1) is 9.07. The summed E-state index contributed by atoms with van der Waals surface area (Å²) >= 11 is 1.58. The van der Waals surface area contributed by atoms with Crippen LogP contribution >= 0.6 is 11.3 Å². The zero-order chi connectivity index (χ0) is 9.97. The van der Waals surface area contributed by atoms with E-state index in [2.05, 4.69) is 20.5 Å². The molecule has 1 unspecified atom stereocenters. The normalized spacial score (nSPS) is 12.9. The molecule has 2 aromatic heterocycles. The maximum atomic E-state index is 5.63. The maximum absolute atomic E-state index is 5.63. The Morgan fingerprint density at radius 2 is 2.50 bits per heavy atom. The van der Waals surface area contributed by atoms with Gasteiger partial charge in [0.1, 0.15) is 11.0 Å². The molecule has 0 saturated heterocycles. The Bertz CT molecular complexity index is 394. The molecule has 0 aromatic carbocycles. The lowest BCUT2D eigenvalue weighted by Gasteiger charge is -2.11. The zero-order valence-corrected chi connectivity index (χ0v) is 8.48. The van der Waals surface area contributed by atoms with Crippen molar-refractivity contribution in [2.24, 2.45) is 0 Å². The Balaban J connectivity index is 2.36. The summed E-state index contributed by atoms with van der Waals surface area (Å²) in [5.74, 6) is 0.326. The summed E-state index contributed by atoms with van der Waals surface area (Å²) in [4.78, 5) is 4.23. The van der Waals surface area contributed by atoms with Crippen LogP contribution in [0, 0.1) is 0 Å². The summed E-state index contributed by atoms with van der Waals surface area (Å²) in [6, 6.07) is 0.0463. The topological polar surface area (TPSA) is 82.5 Å². The molecule has 0 saturated carbocycles. The Morgan fingerprint density at radius 1 is 1.64 bits per heavy atom. The van der Waals surface area contributed by atoms with Gasteiger partial charge in [-0.05, 0) is 16.8 Å². The number of rotatable bonds is 3. The Hall–Kier alpha value is -1.50. The molecule has 0 aliphatic carbocycles. The van der Waals surface area contributed by atoms with Gasteiger partial charge in [-0.25, -0.2) is 9.67 Å². The van der Waals surface area contributed by atoms with Crippen LogP contribution in [0.1, 0.15) is 24.4 Å². The molecule has 14 heavy (non-hydrogen) atoms. The van der Waals surface area contributed by atoms with Crippen LogP contribution in [0.15, 0.2) is 11.6 Å². The first-order valence-corrected chi connectivity index (χ1v) is 5.13. The van der Waals surface area contributed by atoms with E-state index < -0.39 is 0 Å². The lowest BCUT2D eigenvalue weighted by Crippen LogP contribution is -2.14. The summed E-state index contributed by atoms with van der Waals surface area (Å²) in [6.07, 6.45) is 2.63. The zero-order valence-electron chi connectivity index (χ0n) is 7.66. The van der Waals surface area contributed by atoms with Crippen molar-refractivity contribution in [1.29, 1.82) is 0 Å². The molecule has 2 rings (SSSR count). The largest absolute Gasteiger partial charge is 0.367 e. The van der Waals surface area contributed by atoms with Crippen LogP contribution in [0.5, 0.6) is 0 Å². The fourth-order valence-corrected chi connectivity index (χ4v) is 2.08. The van der Waals surface area contributed by atoms with Crippen LogP contribution in [-0.4, -0.2) is 25.2 Å². The first-order valence-electron chi connectivity index (χ1n) is 4.25. The fourth-order valence-electron chi connectivity index (χ4n) is 1.27. The average Bonchev–Trinajstić information content (AvgIpc) is 2.80.